The fourth-order valence-corrected chi connectivity index (χ4v) is 8.70. The van der Waals surface area contributed by atoms with E-state index < -0.39 is 213 Å². The zero-order valence-electron chi connectivity index (χ0n) is 46.0. The Bertz CT molecular complexity index is 2300. The van der Waals surface area contributed by atoms with E-state index in [1.807, 2.05) is 0 Å². The third kappa shape index (κ3) is 24.4. The summed E-state index contributed by atoms with van der Waals surface area (Å²) >= 11 is 0.758. The van der Waals surface area contributed by atoms with Crippen LogP contribution in [-0.4, -0.2) is 213 Å². The summed E-state index contributed by atoms with van der Waals surface area (Å²) in [6.45, 7) is 5.59. The summed E-state index contributed by atoms with van der Waals surface area (Å²) in [6.07, 6.45) is -5.34. The van der Waals surface area contributed by atoms with Crippen LogP contribution in [0.5, 0.6) is 0 Å². The zero-order valence-corrected chi connectivity index (χ0v) is 46.8. The lowest BCUT2D eigenvalue weighted by atomic mass is 9.95. The van der Waals surface area contributed by atoms with Crippen molar-refractivity contribution in [3.8, 4) is 0 Å². The highest BCUT2D eigenvalue weighted by Gasteiger charge is 2.41. The number of carboxylic acids is 2. The smallest absolute Gasteiger partial charge is 0.328 e. The molecule has 0 aliphatic carbocycles. The van der Waals surface area contributed by atoms with Gasteiger partial charge in [-0.25, -0.2) is 4.79 Å². The number of thioether (sulfide) groups is 1. The lowest BCUT2D eigenvalue weighted by Crippen LogP contribution is -2.62. The summed E-state index contributed by atoms with van der Waals surface area (Å²) in [6, 6.07) is -13.3. The first-order valence-corrected chi connectivity index (χ1v) is 27.3. The normalized spacial score (nSPS) is 24.7. The quantitative estimate of drug-likeness (QED) is 0.0571. The maximum Gasteiger partial charge on any atom is 0.328 e. The summed E-state index contributed by atoms with van der Waals surface area (Å²) in [4.78, 5) is 198. The Morgan fingerprint density at radius 1 is 0.642 bits per heavy atom. The molecular formula is C49H76N10O21S. The Balaban J connectivity index is 2.61. The van der Waals surface area contributed by atoms with E-state index >= 15 is 0 Å². The SMILES string of the molecule is CCOC(=O)CCSC(=O)CCOC(=O)C1CCC(=O)N[C@@H](CO)C(=O)NCC(=O)NCC(=O)NC(CC(=O)O)C(=O)N2CCC[C@H]2C(=O)N[C@@H](CCC(=O)O)C(=O)NC([C@@H](C)CC)C(=O)N[C@@H](C(C)C)C(=O)NC([C@@H](C)O)C(=O)N1. The maximum atomic E-state index is 14.2. The summed E-state index contributed by atoms with van der Waals surface area (Å²) in [5, 5.41) is 60.2. The number of aliphatic carboxylic acids is 2. The van der Waals surface area contributed by atoms with Gasteiger partial charge < -0.3 is 82.7 Å². The van der Waals surface area contributed by atoms with Gasteiger partial charge in [0.2, 0.25) is 59.1 Å². The highest BCUT2D eigenvalue weighted by molar-refractivity contribution is 8.13. The highest BCUT2D eigenvalue weighted by atomic mass is 32.2. The van der Waals surface area contributed by atoms with Crippen molar-refractivity contribution in [1.29, 1.82) is 0 Å². The molecule has 454 valence electrons. The first-order valence-electron chi connectivity index (χ1n) is 26.3. The van der Waals surface area contributed by atoms with Gasteiger partial charge in [-0.2, -0.15) is 0 Å². The predicted octanol–water partition coefficient (Wildman–Crippen LogP) is -5.04. The molecule has 0 bridgehead atoms. The van der Waals surface area contributed by atoms with E-state index in [9.17, 15) is 92.3 Å². The van der Waals surface area contributed by atoms with Crippen molar-refractivity contribution in [3.63, 3.8) is 0 Å². The Labute approximate surface area is 470 Å². The van der Waals surface area contributed by atoms with E-state index in [0.29, 0.717) is 0 Å². The molecule has 2 saturated heterocycles. The van der Waals surface area contributed by atoms with E-state index in [1.54, 1.807) is 20.8 Å². The lowest BCUT2D eigenvalue weighted by Gasteiger charge is -2.31. The second-order valence-corrected chi connectivity index (χ2v) is 20.5. The fourth-order valence-electron chi connectivity index (χ4n) is 7.98. The van der Waals surface area contributed by atoms with Gasteiger partial charge in [-0.1, -0.05) is 45.9 Å². The van der Waals surface area contributed by atoms with Crippen molar-refractivity contribution in [3.05, 3.63) is 0 Å². The first-order chi connectivity index (χ1) is 38.1. The molecule has 4 unspecified atom stereocenters. The molecule has 32 heteroatoms. The third-order valence-corrected chi connectivity index (χ3v) is 13.6. The van der Waals surface area contributed by atoms with Crippen LogP contribution in [0.3, 0.4) is 0 Å². The van der Waals surface area contributed by atoms with Crippen LogP contribution in [0.4, 0.5) is 0 Å². The topological polar surface area (TPSA) is 467 Å². The number of nitrogens with zero attached hydrogens (tertiary/aromatic N) is 1. The Morgan fingerprint density at radius 3 is 1.86 bits per heavy atom. The molecule has 2 heterocycles. The summed E-state index contributed by atoms with van der Waals surface area (Å²) < 4.78 is 10.1. The standard InChI is InChI=1S/C49H76N10O21S/c1-7-25(5)40-46(75)56-39(24(3)4)45(74)58-41(26(6)61)47(76)55-28(49(78)80-18-15-38(70)81-19-16-37(69)79-8-2)11-13-32(62)53-30(23-60)42(71)51-21-33(63)50-22-34(64)52-29(20-36(67)68)48(77)59-17-9-10-31(59)44(73)54-27(43(72)57-40)12-14-35(65)66/h24-31,39-41,60-61H,7-23H2,1-6H3,(H,50,63)(H,51,71)(H,52,64)(H,53,62)(H,54,73)(H,55,76)(H,56,75)(H,57,72)(H,58,74)(H,65,66)(H,67,68)/t25-,26+,27-,28?,29?,30-,31-,39-,40?,41?/m0/s1. The minimum Gasteiger partial charge on any atom is -0.481 e. The molecule has 13 N–H and O–H groups in total. The molecule has 0 spiro atoms. The molecule has 0 saturated carbocycles. The van der Waals surface area contributed by atoms with E-state index in [2.05, 4.69) is 47.9 Å². The largest absolute Gasteiger partial charge is 0.481 e. The Morgan fingerprint density at radius 2 is 1.26 bits per heavy atom. The van der Waals surface area contributed by atoms with Crippen LogP contribution in [0.1, 0.15) is 106 Å². The number of carbonyl (C=O) groups excluding carboxylic acids is 13. The van der Waals surface area contributed by atoms with Crippen LogP contribution in [0.15, 0.2) is 0 Å². The highest BCUT2D eigenvalue weighted by Crippen LogP contribution is 2.21. The molecule has 2 aliphatic heterocycles. The number of aliphatic hydroxyl groups is 2. The number of hydrogen-bond donors (Lipinski definition) is 13. The van der Waals surface area contributed by atoms with Gasteiger partial charge in [0.25, 0.3) is 0 Å². The van der Waals surface area contributed by atoms with Gasteiger partial charge in [-0.3, -0.25) is 67.1 Å². The number of rotatable bonds is 18. The molecule has 2 aliphatic rings. The van der Waals surface area contributed by atoms with Gasteiger partial charge in [0.1, 0.15) is 48.3 Å². The van der Waals surface area contributed by atoms with Crippen molar-refractivity contribution in [2.45, 2.75) is 160 Å². The van der Waals surface area contributed by atoms with Crippen LogP contribution < -0.4 is 47.9 Å². The molecular weight excluding hydrogens is 1100 g/mol. The van der Waals surface area contributed by atoms with Crippen molar-refractivity contribution in [1.82, 2.24) is 52.8 Å². The zero-order chi connectivity index (χ0) is 61.1. The Hall–Kier alpha value is -7.48. The van der Waals surface area contributed by atoms with Crippen LogP contribution >= 0.6 is 11.8 Å². The van der Waals surface area contributed by atoms with Gasteiger partial charge in [-0.05, 0) is 51.4 Å². The average Bonchev–Trinajstić information content (AvgIpc) is 3.93. The fraction of sp³-hybridized carbons (Fsp3) is 0.694. The average molecular weight is 1170 g/mol. The number of carboxylic acid groups (broad SMARTS) is 2. The summed E-state index contributed by atoms with van der Waals surface area (Å²) in [7, 11) is 0. The number of ether oxygens (including phenoxy) is 2. The molecule has 2 fully saturated rings. The summed E-state index contributed by atoms with van der Waals surface area (Å²) in [5.41, 5.74) is 0. The van der Waals surface area contributed by atoms with Gasteiger partial charge in [-0.15, -0.1) is 0 Å². The number of nitrogens with one attached hydrogen (secondary N) is 9. The number of amides is 10. The Kier molecular flexibility index (Phi) is 30.3. The third-order valence-electron chi connectivity index (χ3n) is 12.6. The van der Waals surface area contributed by atoms with E-state index in [1.165, 1.54) is 13.8 Å². The first kappa shape index (κ1) is 69.6. The van der Waals surface area contributed by atoms with Crippen molar-refractivity contribution in [2.24, 2.45) is 11.8 Å². The summed E-state index contributed by atoms with van der Waals surface area (Å²) in [5.74, 6) is -16.7. The van der Waals surface area contributed by atoms with Crippen molar-refractivity contribution >= 4 is 99.8 Å². The van der Waals surface area contributed by atoms with Gasteiger partial charge in [0.05, 0.1) is 58.3 Å². The molecule has 81 heavy (non-hydrogen) atoms. The minimum absolute atomic E-state index is 0.0340. The van der Waals surface area contributed by atoms with Crippen molar-refractivity contribution < 1.29 is 102 Å². The lowest BCUT2D eigenvalue weighted by molar-refractivity contribution is -0.149. The molecule has 0 radical (unpaired) electrons. The number of carbonyl (C=O) groups is 15. The molecule has 31 nitrogen and oxygen atoms in total. The molecule has 0 aromatic rings. The van der Waals surface area contributed by atoms with Crippen LogP contribution in [0, 0.1) is 11.8 Å². The number of esters is 2. The van der Waals surface area contributed by atoms with Gasteiger partial charge in [0, 0.05) is 25.1 Å². The van der Waals surface area contributed by atoms with Gasteiger partial charge in [0.15, 0.2) is 5.12 Å². The van der Waals surface area contributed by atoms with Gasteiger partial charge >= 0.3 is 23.9 Å². The number of aliphatic hydroxyl groups excluding tert-OH is 2. The van der Waals surface area contributed by atoms with E-state index in [4.69, 9.17) is 9.47 Å². The number of hydrogen-bond acceptors (Lipinski definition) is 20. The molecule has 0 aromatic heterocycles. The van der Waals surface area contributed by atoms with Crippen molar-refractivity contribution in [2.75, 3.05) is 45.2 Å². The minimum atomic E-state index is -1.89. The molecule has 2 rings (SSSR count). The predicted molar refractivity (Wildman–Crippen MR) is 280 cm³/mol. The van der Waals surface area contributed by atoms with Crippen LogP contribution in [0.2, 0.25) is 0 Å². The van der Waals surface area contributed by atoms with E-state index in [0.717, 1.165) is 23.6 Å². The van der Waals surface area contributed by atoms with Crippen LogP contribution in [-0.2, 0) is 81.4 Å². The van der Waals surface area contributed by atoms with Crippen LogP contribution in [0.25, 0.3) is 0 Å². The number of fused-ring (bicyclic) bond motifs is 1. The van der Waals surface area contributed by atoms with E-state index in [-0.39, 0.29) is 51.0 Å². The maximum absolute atomic E-state index is 14.2. The monoisotopic (exact) mass is 1170 g/mol. The molecule has 10 amide bonds. The molecule has 10 atom stereocenters. The second-order valence-electron chi connectivity index (χ2n) is 19.3. The molecule has 0 aromatic carbocycles. The second kappa shape index (κ2) is 35.3.